The van der Waals surface area contributed by atoms with Gasteiger partial charge in [0, 0.05) is 45.8 Å². The third-order valence-electron chi connectivity index (χ3n) is 9.56. The zero-order valence-corrected chi connectivity index (χ0v) is 23.1. The van der Waals surface area contributed by atoms with Crippen molar-refractivity contribution in [3.8, 4) is 5.75 Å². The van der Waals surface area contributed by atoms with Crippen molar-refractivity contribution < 1.29 is 9.53 Å². The lowest BCUT2D eigenvalue weighted by Crippen LogP contribution is -2.51. The van der Waals surface area contributed by atoms with Crippen LogP contribution < -0.4 is 4.74 Å². The molecule has 2 fully saturated rings. The summed E-state index contributed by atoms with van der Waals surface area (Å²) in [7, 11) is 0. The average Bonchev–Trinajstić information content (AvgIpc) is 3.75. The van der Waals surface area contributed by atoms with Crippen LogP contribution in [0.3, 0.4) is 0 Å². The summed E-state index contributed by atoms with van der Waals surface area (Å²) in [4.78, 5) is 20.6. The zero-order chi connectivity index (χ0) is 25.8. The molecule has 3 aliphatic heterocycles. The Morgan fingerprint density at radius 2 is 1.58 bits per heavy atom. The van der Waals surface area contributed by atoms with Crippen LogP contribution in [0.1, 0.15) is 61.6 Å². The average molecular weight is 516 g/mol. The SMILES string of the molecule is O=C(CN1CCc2ccccc2C1)N1CCC2(CCCCc3ccccc3OCCN(CC3CC3)C2)CC1. The maximum atomic E-state index is 13.3. The van der Waals surface area contributed by atoms with Gasteiger partial charge in [0.2, 0.25) is 5.91 Å². The molecule has 1 saturated carbocycles. The Hall–Kier alpha value is -2.37. The second-order valence-corrected chi connectivity index (χ2v) is 12.5. The molecule has 3 heterocycles. The number of likely N-dealkylation sites (tertiary alicyclic amines) is 1. The lowest BCUT2D eigenvalue weighted by Gasteiger charge is -2.45. The minimum Gasteiger partial charge on any atom is -0.492 e. The van der Waals surface area contributed by atoms with Gasteiger partial charge in [0.25, 0.3) is 0 Å². The largest absolute Gasteiger partial charge is 0.492 e. The molecule has 4 aliphatic rings. The first kappa shape index (κ1) is 25.9. The van der Waals surface area contributed by atoms with Crippen LogP contribution in [0.5, 0.6) is 5.75 Å². The molecule has 1 aliphatic carbocycles. The lowest BCUT2D eigenvalue weighted by molar-refractivity contribution is -0.135. The Morgan fingerprint density at radius 3 is 2.39 bits per heavy atom. The van der Waals surface area contributed by atoms with Crippen LogP contribution in [-0.2, 0) is 24.2 Å². The van der Waals surface area contributed by atoms with Gasteiger partial charge in [0.1, 0.15) is 12.4 Å². The first-order valence-corrected chi connectivity index (χ1v) is 15.2. The van der Waals surface area contributed by atoms with Gasteiger partial charge in [0.05, 0.1) is 6.54 Å². The number of benzene rings is 2. The summed E-state index contributed by atoms with van der Waals surface area (Å²) >= 11 is 0. The zero-order valence-electron chi connectivity index (χ0n) is 23.1. The highest BCUT2D eigenvalue weighted by molar-refractivity contribution is 5.78. The van der Waals surface area contributed by atoms with Gasteiger partial charge in [-0.1, -0.05) is 48.9 Å². The van der Waals surface area contributed by atoms with Crippen LogP contribution in [0.25, 0.3) is 0 Å². The van der Waals surface area contributed by atoms with Gasteiger partial charge in [-0.25, -0.2) is 0 Å². The third-order valence-corrected chi connectivity index (χ3v) is 9.56. The number of hydrogen-bond donors (Lipinski definition) is 0. The number of hydrogen-bond acceptors (Lipinski definition) is 4. The second-order valence-electron chi connectivity index (χ2n) is 12.5. The molecule has 1 spiro atoms. The van der Waals surface area contributed by atoms with Crippen molar-refractivity contribution in [2.75, 3.05) is 52.4 Å². The number of nitrogens with zero attached hydrogens (tertiary/aromatic N) is 3. The van der Waals surface area contributed by atoms with E-state index in [9.17, 15) is 4.79 Å². The number of piperidine rings is 1. The van der Waals surface area contributed by atoms with Crippen LogP contribution in [0, 0.1) is 11.3 Å². The van der Waals surface area contributed by atoms with E-state index in [-0.39, 0.29) is 0 Å². The number of carbonyl (C=O) groups excluding carboxylic acids is 1. The van der Waals surface area contributed by atoms with E-state index in [1.165, 1.54) is 61.9 Å². The van der Waals surface area contributed by atoms with E-state index in [4.69, 9.17) is 4.74 Å². The predicted octanol–water partition coefficient (Wildman–Crippen LogP) is 5.17. The van der Waals surface area contributed by atoms with Crippen molar-refractivity contribution in [1.29, 1.82) is 0 Å². The fourth-order valence-electron chi connectivity index (χ4n) is 7.02. The van der Waals surface area contributed by atoms with Crippen molar-refractivity contribution in [3.63, 3.8) is 0 Å². The first-order chi connectivity index (χ1) is 18.7. The van der Waals surface area contributed by atoms with Crippen LogP contribution in [-0.4, -0.2) is 73.0 Å². The van der Waals surface area contributed by atoms with Gasteiger partial charge < -0.3 is 9.64 Å². The molecule has 1 saturated heterocycles. The molecule has 0 N–H and O–H groups in total. The molecular weight excluding hydrogens is 470 g/mol. The number of aryl methyl sites for hydroxylation is 1. The van der Waals surface area contributed by atoms with Gasteiger partial charge in [0.15, 0.2) is 0 Å². The Labute approximate surface area is 229 Å². The summed E-state index contributed by atoms with van der Waals surface area (Å²) in [5.41, 5.74) is 4.52. The number of amides is 1. The molecule has 5 heteroatoms. The van der Waals surface area contributed by atoms with E-state index in [1.54, 1.807) is 0 Å². The molecule has 0 atom stereocenters. The van der Waals surface area contributed by atoms with Crippen molar-refractivity contribution >= 4 is 5.91 Å². The Kier molecular flexibility index (Phi) is 8.03. The summed E-state index contributed by atoms with van der Waals surface area (Å²) < 4.78 is 6.31. The molecule has 204 valence electrons. The van der Waals surface area contributed by atoms with Crippen molar-refractivity contribution in [1.82, 2.24) is 14.7 Å². The second kappa shape index (κ2) is 11.8. The number of fused-ring (bicyclic) bond motifs is 2. The number of para-hydroxylation sites is 1. The summed E-state index contributed by atoms with van der Waals surface area (Å²) in [6.07, 6.45) is 10.9. The lowest BCUT2D eigenvalue weighted by atomic mass is 9.73. The molecule has 6 rings (SSSR count). The summed E-state index contributed by atoms with van der Waals surface area (Å²) in [5, 5.41) is 0. The van der Waals surface area contributed by atoms with Gasteiger partial charge >= 0.3 is 0 Å². The van der Waals surface area contributed by atoms with Crippen LogP contribution >= 0.6 is 0 Å². The van der Waals surface area contributed by atoms with Crippen LogP contribution in [0.2, 0.25) is 0 Å². The highest BCUT2D eigenvalue weighted by atomic mass is 16.5. The third kappa shape index (κ3) is 6.43. The topological polar surface area (TPSA) is 36.0 Å². The van der Waals surface area contributed by atoms with Gasteiger partial charge in [-0.05, 0) is 85.5 Å². The van der Waals surface area contributed by atoms with Gasteiger partial charge in [-0.3, -0.25) is 14.6 Å². The molecule has 5 nitrogen and oxygen atoms in total. The molecular formula is C33H45N3O2. The van der Waals surface area contributed by atoms with Crippen LogP contribution in [0.4, 0.5) is 0 Å². The minimum atomic E-state index is 0.326. The predicted molar refractivity (Wildman–Crippen MR) is 152 cm³/mol. The van der Waals surface area contributed by atoms with E-state index < -0.39 is 0 Å². The quantitative estimate of drug-likeness (QED) is 0.563. The maximum absolute atomic E-state index is 13.3. The fourth-order valence-corrected chi connectivity index (χ4v) is 7.02. The molecule has 0 aromatic heterocycles. The maximum Gasteiger partial charge on any atom is 0.236 e. The van der Waals surface area contributed by atoms with Gasteiger partial charge in [-0.2, -0.15) is 0 Å². The number of carbonyl (C=O) groups is 1. The van der Waals surface area contributed by atoms with Gasteiger partial charge in [-0.15, -0.1) is 0 Å². The molecule has 0 radical (unpaired) electrons. The normalized spacial score (nSPS) is 23.0. The van der Waals surface area contributed by atoms with Crippen molar-refractivity contribution in [2.24, 2.45) is 11.3 Å². The smallest absolute Gasteiger partial charge is 0.236 e. The Balaban J connectivity index is 1.08. The summed E-state index contributed by atoms with van der Waals surface area (Å²) in [5.74, 6) is 2.29. The summed E-state index contributed by atoms with van der Waals surface area (Å²) in [6.45, 7) is 8.44. The van der Waals surface area contributed by atoms with E-state index in [0.717, 1.165) is 76.7 Å². The Bertz CT molecular complexity index is 1090. The van der Waals surface area contributed by atoms with Crippen molar-refractivity contribution in [2.45, 2.75) is 64.3 Å². The number of ether oxygens (including phenoxy) is 1. The molecule has 2 aromatic carbocycles. The van der Waals surface area contributed by atoms with Crippen molar-refractivity contribution in [3.05, 3.63) is 65.2 Å². The highest BCUT2D eigenvalue weighted by Crippen LogP contribution is 2.40. The van der Waals surface area contributed by atoms with E-state index in [1.807, 2.05) is 0 Å². The van der Waals surface area contributed by atoms with E-state index in [0.29, 0.717) is 17.9 Å². The standard InChI is InChI=1S/C33H45N3O2/c37-32(25-34-18-14-28-7-1-2-10-30(28)24-34)36-19-16-33(17-20-36)15-6-5-9-29-8-3-4-11-31(29)38-22-21-35(26-33)23-27-12-13-27/h1-4,7-8,10-11,27H,5-6,9,12-26H2. The van der Waals surface area contributed by atoms with E-state index >= 15 is 0 Å². The fraction of sp³-hybridized carbons (Fsp3) is 0.606. The number of rotatable bonds is 4. The molecule has 0 bridgehead atoms. The summed E-state index contributed by atoms with van der Waals surface area (Å²) in [6, 6.07) is 17.3. The monoisotopic (exact) mass is 515 g/mol. The minimum absolute atomic E-state index is 0.326. The molecule has 38 heavy (non-hydrogen) atoms. The Morgan fingerprint density at radius 1 is 0.816 bits per heavy atom. The highest BCUT2D eigenvalue weighted by Gasteiger charge is 2.38. The molecule has 1 amide bonds. The van der Waals surface area contributed by atoms with E-state index in [2.05, 4.69) is 63.2 Å². The molecule has 0 unspecified atom stereocenters. The first-order valence-electron chi connectivity index (χ1n) is 15.2. The molecule has 2 aromatic rings. The van der Waals surface area contributed by atoms with Crippen LogP contribution in [0.15, 0.2) is 48.5 Å².